The number of aromatic carboxylic acids is 1. The highest BCUT2D eigenvalue weighted by Crippen LogP contribution is 2.48. The van der Waals surface area contributed by atoms with Crippen LogP contribution in [0.2, 0.25) is 0 Å². The zero-order chi connectivity index (χ0) is 15.4. The molecule has 1 aliphatic carbocycles. The number of carbonyl (C=O) groups is 2. The number of hydrogen-bond acceptors (Lipinski definition) is 5. The Morgan fingerprint density at radius 2 is 2.14 bits per heavy atom. The number of ether oxygens (including phenoxy) is 2. The molecule has 108 valence electrons. The van der Waals surface area contributed by atoms with Crippen LogP contribution in [0, 0.1) is 0 Å². The number of aromatic hydroxyl groups is 1. The summed E-state index contributed by atoms with van der Waals surface area (Å²) in [6.45, 7) is 1.66. The van der Waals surface area contributed by atoms with E-state index in [0.29, 0.717) is 16.9 Å². The smallest absolute Gasteiger partial charge is 0.340 e. The third-order valence-corrected chi connectivity index (χ3v) is 3.69. The molecule has 0 saturated carbocycles. The molecular weight excluding hydrogens is 276 g/mol. The predicted octanol–water partition coefficient (Wildman–Crippen LogP) is 1.82. The first-order valence-corrected chi connectivity index (χ1v) is 6.19. The Labute approximate surface area is 119 Å². The third kappa shape index (κ3) is 1.72. The molecule has 1 aromatic rings. The van der Waals surface area contributed by atoms with Crippen LogP contribution in [-0.4, -0.2) is 34.9 Å². The van der Waals surface area contributed by atoms with Crippen molar-refractivity contribution in [2.75, 3.05) is 7.11 Å². The van der Waals surface area contributed by atoms with Gasteiger partial charge in [0.25, 0.3) is 0 Å². The number of phenols is 1. The number of benzene rings is 1. The number of methoxy groups -OCH3 is 1. The van der Waals surface area contributed by atoms with E-state index >= 15 is 0 Å². The van der Waals surface area contributed by atoms with Gasteiger partial charge in [-0.2, -0.15) is 0 Å². The van der Waals surface area contributed by atoms with E-state index in [9.17, 15) is 19.8 Å². The second-order valence-electron chi connectivity index (χ2n) is 4.99. The molecule has 3 rings (SSSR count). The van der Waals surface area contributed by atoms with Gasteiger partial charge in [-0.05, 0) is 13.0 Å². The van der Waals surface area contributed by atoms with Crippen molar-refractivity contribution in [3.05, 3.63) is 34.9 Å². The fraction of sp³-hybridized carbons (Fsp3) is 0.200. The molecule has 1 aliphatic heterocycles. The van der Waals surface area contributed by atoms with E-state index in [-0.39, 0.29) is 11.1 Å². The first-order valence-electron chi connectivity index (χ1n) is 6.19. The Morgan fingerprint density at radius 1 is 1.43 bits per heavy atom. The molecule has 2 aliphatic rings. The van der Waals surface area contributed by atoms with Crippen molar-refractivity contribution < 1.29 is 29.3 Å². The van der Waals surface area contributed by atoms with Crippen LogP contribution in [0.25, 0.3) is 11.6 Å². The highest BCUT2D eigenvalue weighted by Gasteiger charge is 2.43. The Morgan fingerprint density at radius 3 is 2.76 bits per heavy atom. The second-order valence-corrected chi connectivity index (χ2v) is 4.99. The molecular formula is C15H12O6. The van der Waals surface area contributed by atoms with Crippen LogP contribution in [0.15, 0.2) is 18.2 Å². The summed E-state index contributed by atoms with van der Waals surface area (Å²) < 4.78 is 10.4. The van der Waals surface area contributed by atoms with Gasteiger partial charge in [-0.15, -0.1) is 0 Å². The standard InChI is InChI=1S/C15H12O6/c1-15-4-3-7-10(20-2)6-9(16)13(14(18)19)12(7)8(15)5-11(17)21-15/h3-6,16H,1-2H3,(H,18,19). The SMILES string of the molecule is COc1cc(O)c(C(=O)O)c2c1C=CC1(C)OC(=O)C=C21. The van der Waals surface area contributed by atoms with Crippen molar-refractivity contribution in [1.82, 2.24) is 0 Å². The number of esters is 1. The van der Waals surface area contributed by atoms with Crippen LogP contribution >= 0.6 is 0 Å². The Kier molecular flexibility index (Phi) is 2.59. The quantitative estimate of drug-likeness (QED) is 0.806. The van der Waals surface area contributed by atoms with Crippen LogP contribution < -0.4 is 4.74 Å². The lowest BCUT2D eigenvalue weighted by Gasteiger charge is -2.29. The van der Waals surface area contributed by atoms with Crippen molar-refractivity contribution in [1.29, 1.82) is 0 Å². The van der Waals surface area contributed by atoms with Gasteiger partial charge in [-0.3, -0.25) is 0 Å². The molecule has 0 saturated heterocycles. The van der Waals surface area contributed by atoms with Crippen molar-refractivity contribution in [3.8, 4) is 11.5 Å². The monoisotopic (exact) mass is 288 g/mol. The van der Waals surface area contributed by atoms with Gasteiger partial charge in [0.1, 0.15) is 17.1 Å². The van der Waals surface area contributed by atoms with Gasteiger partial charge in [0, 0.05) is 28.8 Å². The number of carboxylic acids is 1. The number of fused-ring (bicyclic) bond motifs is 3. The van der Waals surface area contributed by atoms with Crippen molar-refractivity contribution in [2.45, 2.75) is 12.5 Å². The minimum atomic E-state index is -1.29. The highest BCUT2D eigenvalue weighted by molar-refractivity contribution is 6.08. The average molecular weight is 288 g/mol. The maximum absolute atomic E-state index is 11.6. The van der Waals surface area contributed by atoms with Crippen molar-refractivity contribution in [2.24, 2.45) is 0 Å². The first-order chi connectivity index (χ1) is 9.87. The maximum atomic E-state index is 11.6. The largest absolute Gasteiger partial charge is 0.507 e. The van der Waals surface area contributed by atoms with E-state index in [1.54, 1.807) is 19.1 Å². The number of hydrogen-bond donors (Lipinski definition) is 2. The first kappa shape index (κ1) is 13.2. The predicted molar refractivity (Wildman–Crippen MR) is 73.1 cm³/mol. The summed E-state index contributed by atoms with van der Waals surface area (Å²) in [6, 6.07) is 1.24. The van der Waals surface area contributed by atoms with Gasteiger partial charge in [0.05, 0.1) is 7.11 Å². The molecule has 6 nitrogen and oxygen atoms in total. The number of rotatable bonds is 2. The van der Waals surface area contributed by atoms with Crippen molar-refractivity contribution >= 4 is 23.6 Å². The normalized spacial score (nSPS) is 22.2. The van der Waals surface area contributed by atoms with Gasteiger partial charge in [-0.1, -0.05) is 6.08 Å². The van der Waals surface area contributed by atoms with E-state index in [1.807, 2.05) is 0 Å². The number of carbonyl (C=O) groups excluding carboxylic acids is 1. The van der Waals surface area contributed by atoms with E-state index in [1.165, 1.54) is 19.3 Å². The Balaban J connectivity index is 2.42. The van der Waals surface area contributed by atoms with Crippen LogP contribution in [0.5, 0.6) is 11.5 Å². The molecule has 1 unspecified atom stereocenters. The van der Waals surface area contributed by atoms with Crippen LogP contribution in [0.4, 0.5) is 0 Å². The highest BCUT2D eigenvalue weighted by atomic mass is 16.6. The van der Waals surface area contributed by atoms with Gasteiger partial charge in [-0.25, -0.2) is 9.59 Å². The van der Waals surface area contributed by atoms with Gasteiger partial charge in [0.15, 0.2) is 5.60 Å². The minimum absolute atomic E-state index is 0.246. The zero-order valence-corrected chi connectivity index (χ0v) is 11.3. The molecule has 0 fully saturated rings. The molecule has 6 heteroatoms. The summed E-state index contributed by atoms with van der Waals surface area (Å²) in [7, 11) is 1.42. The average Bonchev–Trinajstić information content (AvgIpc) is 2.71. The van der Waals surface area contributed by atoms with Gasteiger partial charge >= 0.3 is 11.9 Å². The fourth-order valence-electron chi connectivity index (χ4n) is 2.73. The molecule has 0 bridgehead atoms. The third-order valence-electron chi connectivity index (χ3n) is 3.69. The molecule has 0 radical (unpaired) electrons. The molecule has 0 spiro atoms. The lowest BCUT2D eigenvalue weighted by Crippen LogP contribution is -2.28. The molecule has 0 amide bonds. The van der Waals surface area contributed by atoms with E-state index < -0.39 is 23.3 Å². The van der Waals surface area contributed by atoms with Crippen LogP contribution in [-0.2, 0) is 9.53 Å². The maximum Gasteiger partial charge on any atom is 0.340 e. The van der Waals surface area contributed by atoms with E-state index in [0.717, 1.165) is 0 Å². The summed E-state index contributed by atoms with van der Waals surface area (Å²) in [5.41, 5.74) is -0.167. The summed E-state index contributed by atoms with van der Waals surface area (Å²) in [5.74, 6) is -1.94. The molecule has 1 aromatic carbocycles. The Hall–Kier alpha value is -2.76. The minimum Gasteiger partial charge on any atom is -0.507 e. The zero-order valence-electron chi connectivity index (χ0n) is 11.3. The number of carboxylic acid groups (broad SMARTS) is 1. The molecule has 1 heterocycles. The summed E-state index contributed by atoms with van der Waals surface area (Å²) in [6.07, 6.45) is 4.54. The van der Waals surface area contributed by atoms with E-state index in [2.05, 4.69) is 0 Å². The van der Waals surface area contributed by atoms with Crippen molar-refractivity contribution in [3.63, 3.8) is 0 Å². The van der Waals surface area contributed by atoms with Gasteiger partial charge in [0.2, 0.25) is 0 Å². The summed E-state index contributed by atoms with van der Waals surface area (Å²) in [4.78, 5) is 23.1. The molecule has 1 atom stereocenters. The van der Waals surface area contributed by atoms with Crippen LogP contribution in [0.1, 0.15) is 28.4 Å². The van der Waals surface area contributed by atoms with Gasteiger partial charge < -0.3 is 19.7 Å². The molecule has 2 N–H and O–H groups in total. The van der Waals surface area contributed by atoms with E-state index in [4.69, 9.17) is 9.47 Å². The molecule has 21 heavy (non-hydrogen) atoms. The summed E-state index contributed by atoms with van der Waals surface area (Å²) >= 11 is 0. The second kappa shape index (κ2) is 4.12. The lowest BCUT2D eigenvalue weighted by atomic mass is 9.80. The Bertz CT molecular complexity index is 743. The van der Waals surface area contributed by atoms with Crippen LogP contribution in [0.3, 0.4) is 0 Å². The summed E-state index contributed by atoms with van der Waals surface area (Å²) in [5, 5.41) is 19.4. The fourth-order valence-corrected chi connectivity index (χ4v) is 2.73. The molecule has 0 aromatic heterocycles. The topological polar surface area (TPSA) is 93.1 Å². The lowest BCUT2D eigenvalue weighted by molar-refractivity contribution is -0.141.